The van der Waals surface area contributed by atoms with Crippen molar-refractivity contribution in [1.82, 2.24) is 0 Å². The van der Waals surface area contributed by atoms with Gasteiger partial charge in [0.25, 0.3) is 0 Å². The Hall–Kier alpha value is -1.02. The van der Waals surface area contributed by atoms with Crippen molar-refractivity contribution in [3.63, 3.8) is 0 Å². The average Bonchev–Trinajstić information content (AvgIpc) is 2.56. The second-order valence-electron chi connectivity index (χ2n) is 6.75. The molecule has 1 atom stereocenters. The summed E-state index contributed by atoms with van der Waals surface area (Å²) in [5.74, 6) is -43.7. The van der Waals surface area contributed by atoms with Crippen molar-refractivity contribution in [2.24, 2.45) is 5.73 Å². The fourth-order valence-corrected chi connectivity index (χ4v) is 2.35. The van der Waals surface area contributed by atoms with Gasteiger partial charge in [0, 0.05) is 6.42 Å². The predicted molar refractivity (Wildman–Crippen MR) is 76.8 cm³/mol. The summed E-state index contributed by atoms with van der Waals surface area (Å²) in [7, 11) is 0. The van der Waals surface area contributed by atoms with E-state index < -0.39 is 54.4 Å². The molecule has 0 rings (SSSR count). The van der Waals surface area contributed by atoms with Crippen LogP contribution in [0, 0.1) is 0 Å². The molecule has 0 aliphatic heterocycles. The normalized spacial score (nSPS) is 17.2. The van der Waals surface area contributed by atoms with Crippen LogP contribution in [0.5, 0.6) is 0 Å². The van der Waals surface area contributed by atoms with Crippen LogP contribution in [0.2, 0.25) is 0 Å². The average molecular weight is 479 g/mol. The molecular formula is C15H19F14N. The summed E-state index contributed by atoms with van der Waals surface area (Å²) in [5.41, 5.74) is 4.27. The monoisotopic (exact) mass is 479 g/mol. The number of rotatable bonds is 12. The molecule has 0 spiro atoms. The van der Waals surface area contributed by atoms with Crippen molar-refractivity contribution < 1.29 is 61.5 Å². The van der Waals surface area contributed by atoms with E-state index >= 15 is 0 Å². The molecule has 15 heteroatoms. The molecule has 182 valence electrons. The summed E-state index contributed by atoms with van der Waals surface area (Å²) in [6.45, 7) is 1.79. The van der Waals surface area contributed by atoms with Crippen molar-refractivity contribution in [3.05, 3.63) is 0 Å². The highest BCUT2D eigenvalue weighted by molar-refractivity contribution is 5.13. The molecule has 0 aromatic carbocycles. The van der Waals surface area contributed by atoms with Gasteiger partial charge in [0.05, 0.1) is 0 Å². The van der Waals surface area contributed by atoms with E-state index in [4.69, 9.17) is 0 Å². The highest BCUT2D eigenvalue weighted by Crippen LogP contribution is 2.61. The third kappa shape index (κ3) is 4.74. The molecule has 30 heavy (non-hydrogen) atoms. The van der Waals surface area contributed by atoms with Gasteiger partial charge in [0.15, 0.2) is 0 Å². The van der Waals surface area contributed by atoms with Crippen LogP contribution in [-0.2, 0) is 0 Å². The third-order valence-electron chi connectivity index (χ3n) is 4.35. The number of hydrogen-bond acceptors (Lipinski definition) is 1. The van der Waals surface area contributed by atoms with E-state index in [0.717, 1.165) is 6.42 Å². The van der Waals surface area contributed by atoms with E-state index in [-0.39, 0.29) is 12.8 Å². The molecule has 0 bridgehead atoms. The molecule has 1 unspecified atom stereocenters. The van der Waals surface area contributed by atoms with Crippen LogP contribution in [0.15, 0.2) is 0 Å². The summed E-state index contributed by atoms with van der Waals surface area (Å²) in [6.07, 6.45) is -7.96. The lowest BCUT2D eigenvalue weighted by atomic mass is 9.87. The van der Waals surface area contributed by atoms with Gasteiger partial charge in [0.2, 0.25) is 5.79 Å². The Balaban J connectivity index is 5.83. The molecule has 0 aromatic rings. The maximum Gasteiger partial charge on any atom is 0.460 e. The van der Waals surface area contributed by atoms with Gasteiger partial charge in [-0.25, -0.2) is 4.39 Å². The molecule has 0 radical (unpaired) electrons. The first-order valence-corrected chi connectivity index (χ1v) is 8.50. The Morgan fingerprint density at radius 2 is 0.800 bits per heavy atom. The van der Waals surface area contributed by atoms with Gasteiger partial charge in [-0.05, 0) is 6.42 Å². The second kappa shape index (κ2) is 8.85. The zero-order valence-electron chi connectivity index (χ0n) is 15.3. The van der Waals surface area contributed by atoms with E-state index in [0.29, 0.717) is 12.8 Å². The Kier molecular flexibility index (Phi) is 8.55. The molecule has 1 nitrogen and oxygen atoms in total. The quantitative estimate of drug-likeness (QED) is 0.180. The van der Waals surface area contributed by atoms with Gasteiger partial charge < -0.3 is 0 Å². The standard InChI is InChI=1S/C15H19F14N/c1-2-3-4-5-6-7-8-9(16,30)10(17,18)11(19,20)12(21,22)13(23,24)14(25,26)15(27,28)29/h2-8,30H2,1H3. The third-order valence-corrected chi connectivity index (χ3v) is 4.35. The van der Waals surface area contributed by atoms with E-state index in [9.17, 15) is 61.5 Å². The van der Waals surface area contributed by atoms with Crippen molar-refractivity contribution in [3.8, 4) is 0 Å². The van der Waals surface area contributed by atoms with Crippen molar-refractivity contribution in [2.45, 2.75) is 93.5 Å². The largest absolute Gasteiger partial charge is 0.460 e. The van der Waals surface area contributed by atoms with E-state index in [1.165, 1.54) is 0 Å². The number of hydrogen-bond donors (Lipinski definition) is 1. The van der Waals surface area contributed by atoms with Gasteiger partial charge >= 0.3 is 35.8 Å². The maximum atomic E-state index is 13.9. The Bertz CT molecular complexity index is 552. The first kappa shape index (κ1) is 29.0. The van der Waals surface area contributed by atoms with Crippen LogP contribution in [-0.4, -0.2) is 41.6 Å². The fourth-order valence-electron chi connectivity index (χ4n) is 2.35. The second-order valence-corrected chi connectivity index (χ2v) is 6.75. The highest BCUT2D eigenvalue weighted by Gasteiger charge is 2.92. The van der Waals surface area contributed by atoms with Crippen molar-refractivity contribution in [1.29, 1.82) is 0 Å². The van der Waals surface area contributed by atoms with E-state index in [2.05, 4.69) is 5.73 Å². The number of halogens is 14. The van der Waals surface area contributed by atoms with Crippen LogP contribution in [0.25, 0.3) is 0 Å². The molecule has 0 aliphatic rings. The minimum atomic E-state index is -8.07. The highest BCUT2D eigenvalue weighted by atomic mass is 19.4. The summed E-state index contributed by atoms with van der Waals surface area (Å²) in [5, 5.41) is 0. The fraction of sp³-hybridized carbons (Fsp3) is 1.00. The first-order chi connectivity index (χ1) is 13.1. The van der Waals surface area contributed by atoms with Gasteiger partial charge in [-0.1, -0.05) is 39.0 Å². The Morgan fingerprint density at radius 1 is 0.467 bits per heavy atom. The topological polar surface area (TPSA) is 26.0 Å². The van der Waals surface area contributed by atoms with E-state index in [1.54, 1.807) is 6.92 Å². The molecular weight excluding hydrogens is 460 g/mol. The maximum absolute atomic E-state index is 13.9. The lowest BCUT2D eigenvalue weighted by Gasteiger charge is -2.42. The zero-order valence-corrected chi connectivity index (χ0v) is 15.3. The summed E-state index contributed by atoms with van der Waals surface area (Å²) >= 11 is 0. The first-order valence-electron chi connectivity index (χ1n) is 8.50. The Labute approximate surface area is 162 Å². The SMILES string of the molecule is CCCCCCCCC(N)(F)C(F)(F)C(F)(F)C(F)(F)C(F)(F)C(F)(F)C(F)(F)F. The predicted octanol–water partition coefficient (Wildman–Crippen LogP) is 7.10. The van der Waals surface area contributed by atoms with Gasteiger partial charge in [-0.2, -0.15) is 57.1 Å². The summed E-state index contributed by atoms with van der Waals surface area (Å²) in [6, 6.07) is 0. The smallest absolute Gasteiger partial charge is 0.294 e. The molecule has 0 fully saturated rings. The molecule has 0 aliphatic carbocycles. The van der Waals surface area contributed by atoms with Gasteiger partial charge in [-0.15, -0.1) is 0 Å². The van der Waals surface area contributed by atoms with Gasteiger partial charge in [0.1, 0.15) is 0 Å². The lowest BCUT2D eigenvalue weighted by Crippen LogP contribution is -2.74. The van der Waals surface area contributed by atoms with Crippen molar-refractivity contribution in [2.75, 3.05) is 0 Å². The number of alkyl halides is 14. The number of nitrogens with two attached hydrogens (primary N) is 1. The van der Waals surface area contributed by atoms with Crippen LogP contribution in [0.1, 0.15) is 51.9 Å². The minimum Gasteiger partial charge on any atom is -0.294 e. The van der Waals surface area contributed by atoms with E-state index in [1.807, 2.05) is 0 Å². The van der Waals surface area contributed by atoms with Gasteiger partial charge in [-0.3, -0.25) is 5.73 Å². The van der Waals surface area contributed by atoms with Crippen molar-refractivity contribution >= 4 is 0 Å². The van der Waals surface area contributed by atoms with Crippen LogP contribution in [0.4, 0.5) is 61.5 Å². The lowest BCUT2D eigenvalue weighted by molar-refractivity contribution is -0.447. The molecule has 2 N–H and O–H groups in total. The molecule has 0 saturated carbocycles. The number of unbranched alkanes of at least 4 members (excludes halogenated alkanes) is 5. The molecule has 0 heterocycles. The molecule has 0 saturated heterocycles. The Morgan fingerprint density at radius 3 is 1.20 bits per heavy atom. The zero-order chi connectivity index (χ0) is 24.4. The van der Waals surface area contributed by atoms with Crippen LogP contribution in [0.3, 0.4) is 0 Å². The summed E-state index contributed by atoms with van der Waals surface area (Å²) < 4.78 is 183. The molecule has 0 aromatic heterocycles. The molecule has 0 amide bonds. The van der Waals surface area contributed by atoms with Crippen LogP contribution >= 0.6 is 0 Å². The minimum absolute atomic E-state index is 0.108. The van der Waals surface area contributed by atoms with Crippen LogP contribution < -0.4 is 5.73 Å². The summed E-state index contributed by atoms with van der Waals surface area (Å²) in [4.78, 5) is 0.